The van der Waals surface area contributed by atoms with E-state index in [9.17, 15) is 80.1 Å². The Kier molecular flexibility index (Phi) is 21.7. The fourth-order valence-corrected chi connectivity index (χ4v) is 12.7. The lowest BCUT2D eigenvalue weighted by atomic mass is 9.86. The Morgan fingerprint density at radius 1 is 0.710 bits per heavy atom. The number of aromatic hydroxyl groups is 3. The smallest absolute Gasteiger partial charge is 0.330 e. The molecule has 5 aromatic rings. The minimum Gasteiger partial charge on any atom is -0.508 e. The van der Waals surface area contributed by atoms with Gasteiger partial charge >= 0.3 is 5.97 Å². The normalized spacial score (nSPS) is 29.6. The lowest BCUT2D eigenvalue weighted by Gasteiger charge is -2.47. The summed E-state index contributed by atoms with van der Waals surface area (Å²) in [5, 5.41) is 138. The first-order chi connectivity index (χ1) is 47.1. The largest absolute Gasteiger partial charge is 0.508 e. The fourth-order valence-electron chi connectivity index (χ4n) is 12.2. The predicted octanol–water partition coefficient (Wildman–Crippen LogP) is -0.121. The third kappa shape index (κ3) is 15.4. The van der Waals surface area contributed by atoms with Crippen molar-refractivity contribution in [3.63, 3.8) is 0 Å². The number of benzene rings is 5. The zero-order chi connectivity index (χ0) is 72.8. The van der Waals surface area contributed by atoms with Crippen molar-refractivity contribution in [1.29, 1.82) is 0 Å². The number of fused-ring (bicyclic) bond motifs is 15. The number of phenols is 3. The fraction of sp³-hybridized carbons (Fsp3) is 0.415. The summed E-state index contributed by atoms with van der Waals surface area (Å²) >= 11 is 14.0. The highest BCUT2D eigenvalue weighted by atomic mass is 35.5. The number of carboxylic acids is 1. The van der Waals surface area contributed by atoms with Gasteiger partial charge in [0.1, 0.15) is 95.6 Å². The highest BCUT2D eigenvalue weighted by molar-refractivity contribution is 6.32. The Labute approximate surface area is 577 Å². The van der Waals surface area contributed by atoms with Crippen LogP contribution in [-0.2, 0) is 52.6 Å². The summed E-state index contributed by atoms with van der Waals surface area (Å²) in [6, 6.07) is -0.207. The number of aliphatic carboxylic acids is 1. The number of aliphatic hydroxyl groups is 7. The number of nitrogens with two attached hydrogens (primary N) is 2. The molecule has 7 aliphatic rings. The molecule has 536 valence electrons. The van der Waals surface area contributed by atoms with E-state index in [1.807, 2.05) is 0 Å². The number of nitrogens with one attached hydrogen (secondary N) is 6. The summed E-state index contributed by atoms with van der Waals surface area (Å²) in [6.45, 7) is 5.35. The number of amides is 7. The molecule has 12 rings (SSSR count). The maximum absolute atomic E-state index is 16.0. The van der Waals surface area contributed by atoms with Crippen LogP contribution < -0.4 is 57.6 Å². The number of aliphatic hydroxyl groups excluding tert-OH is 7. The van der Waals surface area contributed by atoms with Gasteiger partial charge in [-0.1, -0.05) is 55.2 Å². The number of hydrogen-bond donors (Lipinski definition) is 19. The maximum atomic E-state index is 16.0. The second-order valence-electron chi connectivity index (χ2n) is 25.4. The molecule has 7 heterocycles. The molecular weight excluding hydrogens is 1360 g/mol. The summed E-state index contributed by atoms with van der Waals surface area (Å²) in [7, 11) is 0. The van der Waals surface area contributed by atoms with E-state index in [1.54, 1.807) is 13.8 Å². The number of carbonyl (C=O) groups excluding carboxylic acids is 7. The lowest BCUT2D eigenvalue weighted by Crippen LogP contribution is -2.64. The van der Waals surface area contributed by atoms with E-state index in [-0.39, 0.29) is 41.2 Å². The van der Waals surface area contributed by atoms with Gasteiger partial charge < -0.3 is 128 Å². The molecule has 0 aromatic heterocycles. The minimum absolute atomic E-state index is 0.148. The second kappa shape index (κ2) is 29.6. The SMILES string of the molecule is CC(C)CC(O)C(=O)N[C@H]1C(=O)N[C@@H](CC(N)=O)C(=O)N[C@H]2C(=O)N[C@H]3C(=O)N[C@H](C(=O)N[C@H](C(=O)O)c4cc(O)cc(O)c4-c4cc3ccc4O)[C@H](O)c3ccc(c(Cl)c3)Oc3cc2cc(c3O[C@@H]2O[C@H](CO)[C@@H](O)[C@H](O)[C@H]2O[C@H]2C[C@](C)(N)[C@H](O)[C@H](C)O2)Oc2ccc(cc2Cl)[C@H]1O. The molecule has 5 aromatic carbocycles. The number of rotatable bonds is 12. The van der Waals surface area contributed by atoms with Crippen LogP contribution in [0.5, 0.6) is 46.0 Å². The quantitative estimate of drug-likeness (QED) is 0.0774. The highest BCUT2D eigenvalue weighted by Crippen LogP contribution is 2.50. The van der Waals surface area contributed by atoms with E-state index in [0.717, 1.165) is 78.9 Å². The second-order valence-corrected chi connectivity index (χ2v) is 26.2. The Hall–Kier alpha value is -9.20. The molecule has 21 N–H and O–H groups in total. The molecule has 18 atom stereocenters. The van der Waals surface area contributed by atoms with E-state index in [2.05, 4.69) is 31.9 Å². The van der Waals surface area contributed by atoms with Gasteiger partial charge in [0.2, 0.25) is 53.4 Å². The van der Waals surface area contributed by atoms with E-state index in [0.29, 0.717) is 0 Å². The van der Waals surface area contributed by atoms with Crippen LogP contribution in [-0.4, -0.2) is 189 Å². The molecule has 1 unspecified atom stereocenters. The van der Waals surface area contributed by atoms with E-state index >= 15 is 14.4 Å². The van der Waals surface area contributed by atoms with Crippen molar-refractivity contribution < 1.29 is 123 Å². The Balaban J connectivity index is 1.24. The molecule has 0 spiro atoms. The van der Waals surface area contributed by atoms with Gasteiger partial charge in [0.15, 0.2) is 29.9 Å². The number of hydrogen-bond acceptors (Lipinski definition) is 25. The van der Waals surface area contributed by atoms with Gasteiger partial charge in [-0.2, -0.15) is 0 Å². The first-order valence-electron chi connectivity index (χ1n) is 31.1. The molecule has 0 aliphatic carbocycles. The van der Waals surface area contributed by atoms with E-state index in [1.165, 1.54) is 13.8 Å². The van der Waals surface area contributed by atoms with Crippen LogP contribution in [0.4, 0.5) is 0 Å². The molecule has 0 saturated carbocycles. The molecule has 7 amide bonds. The van der Waals surface area contributed by atoms with Crippen LogP contribution in [0.25, 0.3) is 11.1 Å². The average molecular weight is 1440 g/mol. The predicted molar refractivity (Wildman–Crippen MR) is 342 cm³/mol. The molecular formula is C65H72Cl2N8O25. The molecule has 0 radical (unpaired) electrons. The van der Waals surface area contributed by atoms with Gasteiger partial charge in [-0.25, -0.2) is 4.79 Å². The molecule has 33 nitrogen and oxygen atoms in total. The number of phenolic OH excluding ortho intramolecular Hbond substituents is 3. The molecule has 2 fully saturated rings. The van der Waals surface area contributed by atoms with Crippen LogP contribution in [0.2, 0.25) is 10.0 Å². The summed E-state index contributed by atoms with van der Waals surface area (Å²) in [6.07, 6.45) is -20.9. The zero-order valence-corrected chi connectivity index (χ0v) is 54.8. The minimum atomic E-state index is -2.37. The van der Waals surface area contributed by atoms with Crippen molar-refractivity contribution in [3.05, 3.63) is 117 Å². The van der Waals surface area contributed by atoms with Gasteiger partial charge in [-0.3, -0.25) is 33.6 Å². The zero-order valence-electron chi connectivity index (χ0n) is 53.3. The number of primary amides is 1. The van der Waals surface area contributed by atoms with Gasteiger partial charge in [0.05, 0.1) is 35.3 Å². The van der Waals surface area contributed by atoms with Gasteiger partial charge in [0, 0.05) is 34.7 Å². The molecule has 100 heavy (non-hydrogen) atoms. The van der Waals surface area contributed by atoms with Crippen molar-refractivity contribution in [3.8, 4) is 57.1 Å². The molecule has 35 heteroatoms. The highest BCUT2D eigenvalue weighted by Gasteiger charge is 2.51. The van der Waals surface area contributed by atoms with Crippen molar-refractivity contribution in [1.82, 2.24) is 31.9 Å². The van der Waals surface area contributed by atoms with Crippen molar-refractivity contribution in [2.75, 3.05) is 6.61 Å². The van der Waals surface area contributed by atoms with Crippen LogP contribution in [0.1, 0.15) is 105 Å². The molecule has 7 aliphatic heterocycles. The van der Waals surface area contributed by atoms with Crippen LogP contribution in [0.3, 0.4) is 0 Å². The van der Waals surface area contributed by atoms with Gasteiger partial charge in [-0.15, -0.1) is 0 Å². The standard InChI is InChI=1S/C65H72Cl2N8O25/c1-22(2)11-36(80)58(88)74-48-50(82)25-6-9-37(31(66)13-25)96-39-15-27-16-40(54(39)100-64-55(53(85)52(84)41(21-76)98-64)99-43-20-65(4,69)56(86)23(3)95-43)97-38-10-7-26(14-32(38)67)51(83)49-62(92)73-47(63(93)94)30-17-28(77)18-35(79)44(30)29-12-24(5-8-34(29)78)45(59(89)75-49)72-60(90)46(27)71-57(87)33(19-42(68)81)70-61(48)91/h5-10,12-18,22-23,33,36,41,43,45-53,55-56,64,76-80,82-86H,11,19-21,69H2,1-4H3,(H2,68,81)(H,70,91)(H,71,87)(H,72,90)(H,73,92)(H,74,88)(H,75,89)(H,93,94)/t23-,33-,36?,41+,43-,45+,46+,47-,48+,49-,50+,51+,52+,53-,55+,56+,64-,65-/m0/s1. The summed E-state index contributed by atoms with van der Waals surface area (Å²) in [5.74, 6) is -16.9. The average Bonchev–Trinajstić information content (AvgIpc) is 0.768. The summed E-state index contributed by atoms with van der Waals surface area (Å²) < 4.78 is 38.2. The summed E-state index contributed by atoms with van der Waals surface area (Å²) in [5.41, 5.74) is 7.80. The number of carbonyl (C=O) groups is 8. The van der Waals surface area contributed by atoms with E-state index < -0.39 is 242 Å². The molecule has 11 bridgehead atoms. The third-order valence-electron chi connectivity index (χ3n) is 17.4. The number of carboxylic acid groups (broad SMARTS) is 1. The third-order valence-corrected chi connectivity index (χ3v) is 18.0. The van der Waals surface area contributed by atoms with Crippen LogP contribution in [0, 0.1) is 5.92 Å². The topological polar surface area (TPSA) is 539 Å². The van der Waals surface area contributed by atoms with Crippen molar-refractivity contribution in [2.45, 2.75) is 156 Å². The lowest BCUT2D eigenvalue weighted by molar-refractivity contribution is -0.333. The first kappa shape index (κ1) is 73.5. The molecule has 2 saturated heterocycles. The van der Waals surface area contributed by atoms with Gasteiger partial charge in [0.25, 0.3) is 0 Å². The van der Waals surface area contributed by atoms with Crippen molar-refractivity contribution in [2.24, 2.45) is 17.4 Å². The maximum Gasteiger partial charge on any atom is 0.330 e. The van der Waals surface area contributed by atoms with E-state index in [4.69, 9.17) is 63.1 Å². The number of halogens is 2. The first-order valence-corrected chi connectivity index (χ1v) is 31.8. The summed E-state index contributed by atoms with van der Waals surface area (Å²) in [4.78, 5) is 116. The number of ether oxygens (including phenoxy) is 6. The Bertz CT molecular complexity index is 4050. The Morgan fingerprint density at radius 2 is 1.31 bits per heavy atom. The monoisotopic (exact) mass is 1430 g/mol. The van der Waals surface area contributed by atoms with Gasteiger partial charge in [-0.05, 0) is 103 Å². The van der Waals surface area contributed by atoms with Crippen molar-refractivity contribution >= 4 is 70.5 Å². The van der Waals surface area contributed by atoms with Crippen LogP contribution in [0.15, 0.2) is 78.9 Å². The Morgan fingerprint density at radius 3 is 1.90 bits per heavy atom. The van der Waals surface area contributed by atoms with Crippen LogP contribution >= 0.6 is 23.2 Å².